The number of nitrogens with one attached hydrogen (secondary N) is 4. The number of fused-ring (bicyclic) bond motifs is 1. The van der Waals surface area contributed by atoms with Crippen LogP contribution in [0.4, 0.5) is 4.39 Å². The number of halogens is 1. The van der Waals surface area contributed by atoms with E-state index in [1.807, 2.05) is 0 Å². The highest BCUT2D eigenvalue weighted by atomic mass is 19.1. The standard InChI is InChI=1S/C24H30FN7O4/c25-12-20(33)18(3-1-8-29-24(26)27)31-23(36)19-4-2-10-32(19)21(34)14-30-22(35)16-5-6-17-13-28-9-7-15(17)11-16/h5-7,9,11,13,18-19H,1-4,8,10,12,14H2,(H,30,35)(H,31,36)(H4,26,27,29)/t18-,19-/m0/s1. The number of ketones is 1. The number of benzene rings is 1. The van der Waals surface area contributed by atoms with Crippen molar-refractivity contribution in [3.8, 4) is 0 Å². The van der Waals surface area contributed by atoms with E-state index in [1.54, 1.807) is 36.7 Å². The molecule has 6 N–H and O–H groups in total. The van der Waals surface area contributed by atoms with Crippen molar-refractivity contribution in [3.63, 3.8) is 0 Å². The number of nitrogens with two attached hydrogens (primary N) is 1. The molecule has 2 aromatic rings. The Hall–Kier alpha value is -4.09. The Bertz CT molecular complexity index is 1140. The first-order chi connectivity index (χ1) is 17.3. The van der Waals surface area contributed by atoms with Crippen molar-refractivity contribution >= 4 is 40.2 Å². The van der Waals surface area contributed by atoms with E-state index in [0.717, 1.165) is 10.8 Å². The zero-order valence-corrected chi connectivity index (χ0v) is 19.8. The van der Waals surface area contributed by atoms with Gasteiger partial charge in [0.05, 0.1) is 12.6 Å². The summed E-state index contributed by atoms with van der Waals surface area (Å²) in [6.45, 7) is -0.889. The summed E-state index contributed by atoms with van der Waals surface area (Å²) < 4.78 is 13.0. The van der Waals surface area contributed by atoms with Crippen LogP contribution in [0.2, 0.25) is 0 Å². The first kappa shape index (κ1) is 26.5. The molecule has 1 aromatic carbocycles. The lowest BCUT2D eigenvalue weighted by atomic mass is 10.1. The lowest BCUT2D eigenvalue weighted by molar-refractivity contribution is -0.138. The van der Waals surface area contributed by atoms with Gasteiger partial charge < -0.3 is 26.6 Å². The Morgan fingerprint density at radius 2 is 2.00 bits per heavy atom. The van der Waals surface area contributed by atoms with Gasteiger partial charge >= 0.3 is 0 Å². The molecule has 0 spiro atoms. The Morgan fingerprint density at radius 3 is 2.75 bits per heavy atom. The van der Waals surface area contributed by atoms with Crippen LogP contribution in [0.1, 0.15) is 36.0 Å². The molecule has 1 aliphatic heterocycles. The zero-order valence-electron chi connectivity index (χ0n) is 19.8. The average molecular weight is 500 g/mol. The number of alkyl halides is 1. The average Bonchev–Trinajstić information content (AvgIpc) is 3.38. The Morgan fingerprint density at radius 1 is 1.19 bits per heavy atom. The number of aromatic nitrogens is 1. The molecular formula is C24H30FN7O4. The van der Waals surface area contributed by atoms with Gasteiger partial charge in [0.15, 0.2) is 11.7 Å². The van der Waals surface area contributed by atoms with Crippen LogP contribution in [0, 0.1) is 5.41 Å². The summed E-state index contributed by atoms with van der Waals surface area (Å²) in [6, 6.07) is 5.04. The van der Waals surface area contributed by atoms with Gasteiger partial charge in [0.25, 0.3) is 5.91 Å². The lowest BCUT2D eigenvalue weighted by Crippen LogP contribution is -2.52. The van der Waals surface area contributed by atoms with Gasteiger partial charge in [-0.15, -0.1) is 0 Å². The van der Waals surface area contributed by atoms with Gasteiger partial charge in [-0.3, -0.25) is 29.6 Å². The minimum atomic E-state index is -1.23. The Labute approximate surface area is 207 Å². The van der Waals surface area contributed by atoms with Crippen LogP contribution in [0.3, 0.4) is 0 Å². The Balaban J connectivity index is 1.55. The fourth-order valence-corrected chi connectivity index (χ4v) is 4.13. The normalized spacial score (nSPS) is 15.8. The molecule has 0 unspecified atom stereocenters. The topological polar surface area (TPSA) is 170 Å². The van der Waals surface area contributed by atoms with Crippen LogP contribution in [-0.4, -0.2) is 77.7 Å². The summed E-state index contributed by atoms with van der Waals surface area (Å²) in [7, 11) is 0. The van der Waals surface area contributed by atoms with Crippen molar-refractivity contribution in [2.45, 2.75) is 37.8 Å². The number of hydrogen-bond acceptors (Lipinski definition) is 6. The quantitative estimate of drug-likeness (QED) is 0.167. The Kier molecular flexibility index (Phi) is 9.25. The minimum absolute atomic E-state index is 0.160. The maximum atomic E-state index is 13.0. The molecule has 1 aromatic heterocycles. The SMILES string of the molecule is N=C(N)NCCC[C@H](NC(=O)[C@@H]1CCCN1C(=O)CNC(=O)c1ccc2cnccc2c1)C(=O)CF. The molecule has 2 heterocycles. The highest BCUT2D eigenvalue weighted by Crippen LogP contribution is 2.18. The number of likely N-dealkylation sites (tertiary alicyclic amines) is 1. The number of pyridine rings is 1. The molecule has 3 amide bonds. The second-order valence-electron chi connectivity index (χ2n) is 8.51. The number of guanidine groups is 1. The molecule has 1 aliphatic rings. The van der Waals surface area contributed by atoms with Gasteiger partial charge in [0, 0.05) is 36.4 Å². The number of amides is 3. The number of carbonyl (C=O) groups excluding carboxylic acids is 4. The van der Waals surface area contributed by atoms with Crippen LogP contribution in [0.5, 0.6) is 0 Å². The molecule has 12 heteroatoms. The number of nitrogens with zero attached hydrogens (tertiary/aromatic N) is 2. The van der Waals surface area contributed by atoms with E-state index < -0.39 is 42.3 Å². The van der Waals surface area contributed by atoms with E-state index in [4.69, 9.17) is 11.1 Å². The summed E-state index contributed by atoms with van der Waals surface area (Å²) in [5.74, 6) is -2.38. The highest BCUT2D eigenvalue weighted by molar-refractivity contribution is 6.00. The number of Topliss-reactive ketones (excluding diaryl/α,β-unsaturated/α-hetero) is 1. The van der Waals surface area contributed by atoms with Crippen LogP contribution >= 0.6 is 0 Å². The predicted octanol–water partition coefficient (Wildman–Crippen LogP) is 0.242. The molecule has 2 atom stereocenters. The smallest absolute Gasteiger partial charge is 0.251 e. The second-order valence-corrected chi connectivity index (χ2v) is 8.51. The van der Waals surface area contributed by atoms with Crippen LogP contribution in [-0.2, 0) is 14.4 Å². The third kappa shape index (κ3) is 6.96. The molecule has 0 radical (unpaired) electrons. The predicted molar refractivity (Wildman–Crippen MR) is 131 cm³/mol. The molecule has 1 saturated heterocycles. The summed E-state index contributed by atoms with van der Waals surface area (Å²) in [6.07, 6.45) is 4.83. The monoisotopic (exact) mass is 499 g/mol. The van der Waals surface area contributed by atoms with Crippen LogP contribution in [0.15, 0.2) is 36.7 Å². The van der Waals surface area contributed by atoms with E-state index in [9.17, 15) is 23.6 Å². The van der Waals surface area contributed by atoms with E-state index in [1.165, 1.54) is 4.90 Å². The van der Waals surface area contributed by atoms with Gasteiger partial charge in [0.1, 0.15) is 12.7 Å². The molecule has 36 heavy (non-hydrogen) atoms. The molecule has 1 fully saturated rings. The molecule has 0 saturated carbocycles. The van der Waals surface area contributed by atoms with Crippen LogP contribution < -0.4 is 21.7 Å². The first-order valence-corrected chi connectivity index (χ1v) is 11.7. The fraction of sp³-hybridized carbons (Fsp3) is 0.417. The van der Waals surface area contributed by atoms with Gasteiger partial charge in [-0.1, -0.05) is 6.07 Å². The van der Waals surface area contributed by atoms with E-state index in [0.29, 0.717) is 37.9 Å². The summed E-state index contributed by atoms with van der Waals surface area (Å²) >= 11 is 0. The van der Waals surface area contributed by atoms with Crippen molar-refractivity contribution in [1.82, 2.24) is 25.8 Å². The van der Waals surface area contributed by atoms with E-state index in [2.05, 4.69) is 20.9 Å². The minimum Gasteiger partial charge on any atom is -0.370 e. The van der Waals surface area contributed by atoms with Crippen molar-refractivity contribution in [2.24, 2.45) is 5.73 Å². The van der Waals surface area contributed by atoms with Crippen LogP contribution in [0.25, 0.3) is 10.8 Å². The van der Waals surface area contributed by atoms with Crippen molar-refractivity contribution in [2.75, 3.05) is 26.3 Å². The molecule has 0 aliphatic carbocycles. The summed E-state index contributed by atoms with van der Waals surface area (Å²) in [4.78, 5) is 55.7. The van der Waals surface area contributed by atoms with Gasteiger partial charge in [-0.25, -0.2) is 4.39 Å². The number of hydrogen-bond donors (Lipinski definition) is 5. The maximum absolute atomic E-state index is 13.0. The highest BCUT2D eigenvalue weighted by Gasteiger charge is 2.35. The molecular weight excluding hydrogens is 469 g/mol. The third-order valence-corrected chi connectivity index (χ3v) is 6.00. The third-order valence-electron chi connectivity index (χ3n) is 6.00. The van der Waals surface area contributed by atoms with Gasteiger partial charge in [-0.05, 0) is 49.3 Å². The van der Waals surface area contributed by atoms with Crippen molar-refractivity contribution in [1.29, 1.82) is 5.41 Å². The van der Waals surface area contributed by atoms with E-state index in [-0.39, 0.29) is 18.9 Å². The largest absolute Gasteiger partial charge is 0.370 e. The molecule has 0 bridgehead atoms. The van der Waals surface area contributed by atoms with Gasteiger partial charge in [0.2, 0.25) is 11.8 Å². The number of carbonyl (C=O) groups is 4. The molecule has 192 valence electrons. The summed E-state index contributed by atoms with van der Waals surface area (Å²) in [5.41, 5.74) is 5.60. The second kappa shape index (κ2) is 12.6. The fourth-order valence-electron chi connectivity index (χ4n) is 4.13. The molecule has 11 nitrogen and oxygen atoms in total. The number of rotatable bonds is 11. The zero-order chi connectivity index (χ0) is 26.1. The summed E-state index contributed by atoms with van der Waals surface area (Å²) in [5, 5.41) is 16.6. The molecule has 3 rings (SSSR count). The van der Waals surface area contributed by atoms with Gasteiger partial charge in [-0.2, -0.15) is 0 Å². The van der Waals surface area contributed by atoms with Crippen molar-refractivity contribution < 1.29 is 23.6 Å². The van der Waals surface area contributed by atoms with E-state index >= 15 is 0 Å². The van der Waals surface area contributed by atoms with Crippen molar-refractivity contribution in [3.05, 3.63) is 42.2 Å². The maximum Gasteiger partial charge on any atom is 0.251 e. The lowest BCUT2D eigenvalue weighted by Gasteiger charge is -2.26. The first-order valence-electron chi connectivity index (χ1n) is 11.7.